The van der Waals surface area contributed by atoms with Crippen LogP contribution in [0.5, 0.6) is 0 Å². The van der Waals surface area contributed by atoms with Gasteiger partial charge in [-0.3, -0.25) is 0 Å². The molecule has 0 amide bonds. The molecule has 0 saturated heterocycles. The highest BCUT2D eigenvalue weighted by Crippen LogP contribution is 2.20. The zero-order valence-electron chi connectivity index (χ0n) is 8.97. The van der Waals surface area contributed by atoms with E-state index < -0.39 is 0 Å². The van der Waals surface area contributed by atoms with Crippen molar-refractivity contribution in [3.8, 4) is 0 Å². The van der Waals surface area contributed by atoms with Crippen LogP contribution in [0.15, 0.2) is 24.5 Å². The molecule has 0 spiro atoms. The van der Waals surface area contributed by atoms with Crippen molar-refractivity contribution >= 4 is 23.4 Å². The van der Waals surface area contributed by atoms with E-state index in [2.05, 4.69) is 29.5 Å². The van der Waals surface area contributed by atoms with Gasteiger partial charge in [0.2, 0.25) is 0 Å². The van der Waals surface area contributed by atoms with Crippen LogP contribution in [-0.4, -0.2) is 9.55 Å². The van der Waals surface area contributed by atoms with Crippen molar-refractivity contribution in [1.82, 2.24) is 9.55 Å². The summed E-state index contributed by atoms with van der Waals surface area (Å²) < 4.78 is 2.16. The molecule has 82 valence electrons. The van der Waals surface area contributed by atoms with Crippen LogP contribution in [0.3, 0.4) is 0 Å². The molecule has 0 radical (unpaired) electrons. The van der Waals surface area contributed by atoms with E-state index in [1.54, 1.807) is 0 Å². The molecule has 1 aromatic carbocycles. The second kappa shape index (κ2) is 4.64. The van der Waals surface area contributed by atoms with Crippen molar-refractivity contribution in [2.45, 2.75) is 26.4 Å². The monoisotopic (exact) mass is 225 g/mol. The average molecular weight is 226 g/mol. The molecule has 0 bridgehead atoms. The molecule has 2 rings (SSSR count). The Morgan fingerprint density at radius 3 is 2.73 bits per heavy atom. The lowest BCUT2D eigenvalue weighted by molar-refractivity contribution is 0.617. The predicted octanol–water partition coefficient (Wildman–Crippen LogP) is 2.50. The fourth-order valence-electron chi connectivity index (χ4n) is 1.69. The van der Waals surface area contributed by atoms with Gasteiger partial charge < -0.3 is 10.3 Å². The van der Waals surface area contributed by atoms with Gasteiger partial charge >= 0.3 is 0 Å². The molecule has 4 heteroatoms. The molecular weight excluding hydrogens is 210 g/mol. The number of fused-ring (bicyclic) bond motifs is 1. The molecule has 1 aromatic heterocycles. The minimum absolute atomic E-state index is 0. The molecule has 1 heterocycles. The van der Waals surface area contributed by atoms with Crippen LogP contribution in [-0.2, 0) is 6.54 Å². The van der Waals surface area contributed by atoms with Crippen molar-refractivity contribution < 1.29 is 0 Å². The van der Waals surface area contributed by atoms with E-state index in [9.17, 15) is 0 Å². The van der Waals surface area contributed by atoms with Gasteiger partial charge in [0.05, 0.1) is 17.4 Å². The number of benzene rings is 1. The van der Waals surface area contributed by atoms with E-state index in [1.165, 1.54) is 5.52 Å². The summed E-state index contributed by atoms with van der Waals surface area (Å²) in [5.74, 6) is 0. The Morgan fingerprint density at radius 2 is 2.13 bits per heavy atom. The summed E-state index contributed by atoms with van der Waals surface area (Å²) in [7, 11) is 0. The lowest BCUT2D eigenvalue weighted by atomic mass is 10.2. The minimum atomic E-state index is 0. The number of para-hydroxylation sites is 1. The van der Waals surface area contributed by atoms with Gasteiger partial charge in [0.15, 0.2) is 0 Å². The first-order valence-corrected chi connectivity index (χ1v) is 4.88. The molecule has 0 unspecified atom stereocenters. The predicted molar refractivity (Wildman–Crippen MR) is 65.3 cm³/mol. The van der Waals surface area contributed by atoms with Crippen LogP contribution >= 0.6 is 12.4 Å². The van der Waals surface area contributed by atoms with Gasteiger partial charge in [-0.1, -0.05) is 12.1 Å². The second-order valence-electron chi connectivity index (χ2n) is 3.73. The number of aromatic nitrogens is 2. The number of nitrogens with two attached hydrogens (primary N) is 1. The standard InChI is InChI=1S/C11H15N3.ClH/c1-8(2)14-7-13-11-9(6-12)4-3-5-10(11)14;/h3-5,7-8H,6,12H2,1-2H3;1H. The Morgan fingerprint density at radius 1 is 1.40 bits per heavy atom. The molecule has 2 aromatic rings. The Balaban J connectivity index is 0.00000112. The number of hydrogen-bond donors (Lipinski definition) is 1. The Bertz CT molecular complexity index is 448. The van der Waals surface area contributed by atoms with Crippen molar-refractivity contribution in [1.29, 1.82) is 0 Å². The van der Waals surface area contributed by atoms with Crippen molar-refractivity contribution in [2.24, 2.45) is 5.73 Å². The van der Waals surface area contributed by atoms with Crippen LogP contribution in [0.1, 0.15) is 25.5 Å². The van der Waals surface area contributed by atoms with Gasteiger partial charge in [-0.15, -0.1) is 12.4 Å². The number of halogens is 1. The molecule has 2 N–H and O–H groups in total. The topological polar surface area (TPSA) is 43.8 Å². The molecule has 0 fully saturated rings. The lowest BCUT2D eigenvalue weighted by Gasteiger charge is -2.07. The molecule has 0 aliphatic carbocycles. The normalized spacial score (nSPS) is 10.7. The Hall–Kier alpha value is -1.06. The summed E-state index contributed by atoms with van der Waals surface area (Å²) in [6.45, 7) is 4.85. The maximum absolute atomic E-state index is 5.65. The second-order valence-corrected chi connectivity index (χ2v) is 3.73. The largest absolute Gasteiger partial charge is 0.328 e. The van der Waals surface area contributed by atoms with E-state index in [-0.39, 0.29) is 12.4 Å². The Kier molecular flexibility index (Phi) is 3.72. The van der Waals surface area contributed by atoms with Gasteiger partial charge in [0.1, 0.15) is 0 Å². The third kappa shape index (κ3) is 1.98. The van der Waals surface area contributed by atoms with Crippen LogP contribution in [0, 0.1) is 0 Å². The molecule has 0 aliphatic heterocycles. The van der Waals surface area contributed by atoms with Gasteiger partial charge in [0.25, 0.3) is 0 Å². The molecule has 0 aliphatic rings. The van der Waals surface area contributed by atoms with Crippen LogP contribution in [0.2, 0.25) is 0 Å². The van der Waals surface area contributed by atoms with Gasteiger partial charge in [0, 0.05) is 12.6 Å². The van der Waals surface area contributed by atoms with E-state index in [1.807, 2.05) is 18.5 Å². The van der Waals surface area contributed by atoms with E-state index in [4.69, 9.17) is 5.73 Å². The Labute approximate surface area is 95.7 Å². The molecule has 3 nitrogen and oxygen atoms in total. The zero-order chi connectivity index (χ0) is 10.1. The SMILES string of the molecule is CC(C)n1cnc2c(CN)cccc21.Cl. The highest BCUT2D eigenvalue weighted by atomic mass is 35.5. The van der Waals surface area contributed by atoms with Gasteiger partial charge in [-0.25, -0.2) is 4.98 Å². The fourth-order valence-corrected chi connectivity index (χ4v) is 1.69. The summed E-state index contributed by atoms with van der Waals surface area (Å²) in [6, 6.07) is 6.58. The van der Waals surface area contributed by atoms with Crippen molar-refractivity contribution in [3.63, 3.8) is 0 Å². The molecular formula is C11H16ClN3. The summed E-state index contributed by atoms with van der Waals surface area (Å²) in [4.78, 5) is 4.39. The van der Waals surface area contributed by atoms with Crippen LogP contribution < -0.4 is 5.73 Å². The van der Waals surface area contributed by atoms with E-state index >= 15 is 0 Å². The highest BCUT2D eigenvalue weighted by Gasteiger charge is 2.07. The van der Waals surface area contributed by atoms with E-state index in [0.717, 1.165) is 11.1 Å². The zero-order valence-corrected chi connectivity index (χ0v) is 9.79. The minimum Gasteiger partial charge on any atom is -0.328 e. The first-order valence-electron chi connectivity index (χ1n) is 4.88. The van der Waals surface area contributed by atoms with E-state index in [0.29, 0.717) is 12.6 Å². The summed E-state index contributed by atoms with van der Waals surface area (Å²) in [5.41, 5.74) is 8.97. The number of hydrogen-bond acceptors (Lipinski definition) is 2. The molecule has 0 atom stereocenters. The quantitative estimate of drug-likeness (QED) is 0.854. The lowest BCUT2D eigenvalue weighted by Crippen LogP contribution is -1.99. The first kappa shape index (κ1) is 12.0. The maximum atomic E-state index is 5.65. The van der Waals surface area contributed by atoms with Crippen molar-refractivity contribution in [3.05, 3.63) is 30.1 Å². The maximum Gasteiger partial charge on any atom is 0.0960 e. The summed E-state index contributed by atoms with van der Waals surface area (Å²) in [5, 5.41) is 0. The number of imidazole rings is 1. The fraction of sp³-hybridized carbons (Fsp3) is 0.364. The summed E-state index contributed by atoms with van der Waals surface area (Å²) in [6.07, 6.45) is 1.88. The number of nitrogens with zero attached hydrogens (tertiary/aromatic N) is 2. The smallest absolute Gasteiger partial charge is 0.0960 e. The van der Waals surface area contributed by atoms with Crippen LogP contribution in [0.25, 0.3) is 11.0 Å². The third-order valence-corrected chi connectivity index (χ3v) is 2.46. The first-order chi connectivity index (χ1) is 6.74. The molecule has 0 saturated carbocycles. The van der Waals surface area contributed by atoms with Crippen LogP contribution in [0.4, 0.5) is 0 Å². The van der Waals surface area contributed by atoms with Gasteiger partial charge in [-0.05, 0) is 25.5 Å². The highest BCUT2D eigenvalue weighted by molar-refractivity contribution is 5.85. The van der Waals surface area contributed by atoms with Gasteiger partial charge in [-0.2, -0.15) is 0 Å². The average Bonchev–Trinajstić information content (AvgIpc) is 2.60. The summed E-state index contributed by atoms with van der Waals surface area (Å²) >= 11 is 0. The molecule has 15 heavy (non-hydrogen) atoms. The number of rotatable bonds is 2. The third-order valence-electron chi connectivity index (χ3n) is 2.46. The van der Waals surface area contributed by atoms with Crippen molar-refractivity contribution in [2.75, 3.05) is 0 Å².